The Morgan fingerprint density at radius 3 is 2.85 bits per heavy atom. The molecular formula is C9H8NO3. The molecule has 67 valence electrons. The largest absolute Gasteiger partial charge is 0.352 e. The molecule has 0 saturated heterocycles. The lowest BCUT2D eigenvalue weighted by Gasteiger charge is -2.06. The maximum Gasteiger partial charge on any atom is 0.233 e. The fraction of sp³-hybridized carbons (Fsp3) is 0.222. The van der Waals surface area contributed by atoms with Gasteiger partial charge in [0.15, 0.2) is 0 Å². The summed E-state index contributed by atoms with van der Waals surface area (Å²) in [5, 5.41) is 2.44. The van der Waals surface area contributed by atoms with Crippen molar-refractivity contribution < 1.29 is 14.4 Å². The molecule has 0 heterocycles. The lowest BCUT2D eigenvalue weighted by molar-refractivity contribution is -0.132. The molecule has 1 amide bonds. The minimum Gasteiger partial charge on any atom is -0.352 e. The van der Waals surface area contributed by atoms with E-state index in [1.54, 1.807) is 0 Å². The van der Waals surface area contributed by atoms with Crippen molar-refractivity contribution >= 4 is 17.5 Å². The van der Waals surface area contributed by atoms with Gasteiger partial charge in [0, 0.05) is 25.1 Å². The Morgan fingerprint density at radius 1 is 1.54 bits per heavy atom. The van der Waals surface area contributed by atoms with Crippen molar-refractivity contribution in [1.29, 1.82) is 0 Å². The number of amides is 1. The van der Waals surface area contributed by atoms with Gasteiger partial charge in [-0.05, 0) is 6.08 Å². The fourth-order valence-electron chi connectivity index (χ4n) is 0.864. The van der Waals surface area contributed by atoms with Crippen LogP contribution in [0.1, 0.15) is 6.92 Å². The number of carbonyl (C=O) groups is 3. The van der Waals surface area contributed by atoms with Gasteiger partial charge in [0.05, 0.1) is 0 Å². The maximum atomic E-state index is 11.1. The van der Waals surface area contributed by atoms with E-state index in [2.05, 4.69) is 11.4 Å². The lowest BCUT2D eigenvalue weighted by Crippen LogP contribution is -2.28. The number of Topliss-reactive ketones (excluding diaryl/α,β-unsaturated/α-hetero) is 2. The zero-order chi connectivity index (χ0) is 9.84. The number of rotatable bonds is 2. The summed E-state index contributed by atoms with van der Waals surface area (Å²) < 4.78 is 0. The van der Waals surface area contributed by atoms with E-state index in [-0.39, 0.29) is 12.5 Å². The minimum absolute atomic E-state index is 0.0953. The molecule has 1 aliphatic rings. The smallest absolute Gasteiger partial charge is 0.233 e. The van der Waals surface area contributed by atoms with Crippen LogP contribution in [-0.2, 0) is 14.4 Å². The molecule has 0 aromatic carbocycles. The Bertz CT molecular complexity index is 326. The number of ketones is 2. The zero-order valence-corrected chi connectivity index (χ0v) is 7.09. The maximum absolute atomic E-state index is 11.1. The van der Waals surface area contributed by atoms with Crippen LogP contribution < -0.4 is 5.32 Å². The summed E-state index contributed by atoms with van der Waals surface area (Å²) in [6, 6.07) is 0. The number of carbonyl (C=O) groups excluding carboxylic acids is 3. The first-order valence-corrected chi connectivity index (χ1v) is 3.73. The van der Waals surface area contributed by atoms with Crippen LogP contribution in [0.2, 0.25) is 0 Å². The average Bonchev–Trinajstić information content (AvgIpc) is 2.07. The van der Waals surface area contributed by atoms with Crippen molar-refractivity contribution in [3.05, 3.63) is 23.8 Å². The third-order valence-corrected chi connectivity index (χ3v) is 1.52. The van der Waals surface area contributed by atoms with E-state index in [0.29, 0.717) is 5.57 Å². The molecule has 0 aromatic rings. The average molecular weight is 178 g/mol. The highest BCUT2D eigenvalue weighted by molar-refractivity contribution is 6.46. The second-order valence-electron chi connectivity index (χ2n) is 2.57. The molecule has 1 radical (unpaired) electrons. The summed E-state index contributed by atoms with van der Waals surface area (Å²) >= 11 is 0. The molecule has 0 aromatic heterocycles. The molecule has 4 heteroatoms. The van der Waals surface area contributed by atoms with E-state index in [1.807, 2.05) is 0 Å². The number of allylic oxidation sites excluding steroid dienone is 3. The summed E-state index contributed by atoms with van der Waals surface area (Å²) in [6.45, 7) is 1.44. The summed E-state index contributed by atoms with van der Waals surface area (Å²) in [6.07, 6.45) is 5.09. The van der Waals surface area contributed by atoms with Crippen LogP contribution in [0.5, 0.6) is 0 Å². The first-order valence-electron chi connectivity index (χ1n) is 3.73. The van der Waals surface area contributed by atoms with E-state index in [4.69, 9.17) is 0 Å². The Kier molecular flexibility index (Phi) is 2.74. The van der Waals surface area contributed by atoms with Crippen molar-refractivity contribution in [3.8, 4) is 0 Å². The predicted octanol–water partition coefficient (Wildman–Crippen LogP) is -0.440. The molecule has 1 rings (SSSR count). The van der Waals surface area contributed by atoms with Crippen LogP contribution in [0.3, 0.4) is 0 Å². The van der Waals surface area contributed by atoms with E-state index < -0.39 is 11.6 Å². The van der Waals surface area contributed by atoms with E-state index in [1.165, 1.54) is 19.1 Å². The Morgan fingerprint density at radius 2 is 2.23 bits per heavy atom. The number of nitrogens with one attached hydrogen (secondary N) is 1. The molecule has 13 heavy (non-hydrogen) atoms. The molecule has 0 unspecified atom stereocenters. The second kappa shape index (κ2) is 3.80. The quantitative estimate of drug-likeness (QED) is 0.460. The topological polar surface area (TPSA) is 63.2 Å². The lowest BCUT2D eigenvalue weighted by atomic mass is 10.0. The molecule has 0 spiro atoms. The van der Waals surface area contributed by atoms with E-state index >= 15 is 0 Å². The molecule has 1 aliphatic carbocycles. The van der Waals surface area contributed by atoms with Gasteiger partial charge in [0.25, 0.3) is 0 Å². The van der Waals surface area contributed by atoms with Crippen molar-refractivity contribution in [2.45, 2.75) is 6.92 Å². The van der Waals surface area contributed by atoms with Crippen LogP contribution in [0.4, 0.5) is 0 Å². The molecule has 0 atom stereocenters. The van der Waals surface area contributed by atoms with Gasteiger partial charge in [-0.25, -0.2) is 0 Å². The first-order chi connectivity index (χ1) is 6.11. The number of hydrogen-bond acceptors (Lipinski definition) is 3. The van der Waals surface area contributed by atoms with Gasteiger partial charge in [-0.15, -0.1) is 0 Å². The van der Waals surface area contributed by atoms with Crippen LogP contribution in [0.15, 0.2) is 17.7 Å². The summed E-state index contributed by atoms with van der Waals surface area (Å²) in [5.74, 6) is -1.50. The standard InChI is InChI=1S/C9H8NO3/c1-6(11)10-5-7-3-2-4-8(12)9(7)13/h2-3H,5H2,1H3,(H,10,11). The van der Waals surface area contributed by atoms with Crippen LogP contribution in [0, 0.1) is 6.08 Å². The van der Waals surface area contributed by atoms with Gasteiger partial charge in [0.1, 0.15) is 0 Å². The molecule has 0 bridgehead atoms. The zero-order valence-electron chi connectivity index (χ0n) is 7.09. The SMILES string of the molecule is CC(=O)NCC1=CC=[C]C(=O)C1=O. The van der Waals surface area contributed by atoms with E-state index in [0.717, 1.165) is 0 Å². The Labute approximate surface area is 75.3 Å². The van der Waals surface area contributed by atoms with Crippen molar-refractivity contribution in [2.75, 3.05) is 6.54 Å². The summed E-state index contributed by atoms with van der Waals surface area (Å²) in [5.41, 5.74) is 0.291. The predicted molar refractivity (Wildman–Crippen MR) is 44.6 cm³/mol. The highest BCUT2D eigenvalue weighted by Crippen LogP contribution is 2.02. The monoisotopic (exact) mass is 178 g/mol. The fourth-order valence-corrected chi connectivity index (χ4v) is 0.864. The van der Waals surface area contributed by atoms with Crippen LogP contribution in [-0.4, -0.2) is 24.0 Å². The third kappa shape index (κ3) is 2.37. The minimum atomic E-state index is -0.664. The molecule has 4 nitrogen and oxygen atoms in total. The van der Waals surface area contributed by atoms with Gasteiger partial charge in [0.2, 0.25) is 17.5 Å². The van der Waals surface area contributed by atoms with Gasteiger partial charge in [-0.2, -0.15) is 0 Å². The van der Waals surface area contributed by atoms with Crippen molar-refractivity contribution in [3.63, 3.8) is 0 Å². The molecule has 0 aliphatic heterocycles. The van der Waals surface area contributed by atoms with Crippen LogP contribution >= 0.6 is 0 Å². The van der Waals surface area contributed by atoms with E-state index in [9.17, 15) is 14.4 Å². The Hall–Kier alpha value is -1.71. The summed E-state index contributed by atoms with van der Waals surface area (Å²) in [4.78, 5) is 32.4. The van der Waals surface area contributed by atoms with Gasteiger partial charge in [-0.1, -0.05) is 6.08 Å². The van der Waals surface area contributed by atoms with Crippen LogP contribution in [0.25, 0.3) is 0 Å². The number of hydrogen-bond donors (Lipinski definition) is 1. The highest BCUT2D eigenvalue weighted by atomic mass is 16.2. The highest BCUT2D eigenvalue weighted by Gasteiger charge is 2.18. The molecular weight excluding hydrogens is 170 g/mol. The van der Waals surface area contributed by atoms with Crippen molar-refractivity contribution in [2.24, 2.45) is 0 Å². The second-order valence-corrected chi connectivity index (χ2v) is 2.57. The first kappa shape index (κ1) is 9.38. The normalized spacial score (nSPS) is 15.6. The van der Waals surface area contributed by atoms with Crippen molar-refractivity contribution in [1.82, 2.24) is 5.32 Å². The van der Waals surface area contributed by atoms with Gasteiger partial charge in [-0.3, -0.25) is 14.4 Å². The van der Waals surface area contributed by atoms with Gasteiger partial charge >= 0.3 is 0 Å². The molecule has 0 fully saturated rings. The third-order valence-electron chi connectivity index (χ3n) is 1.52. The molecule has 1 N–H and O–H groups in total. The van der Waals surface area contributed by atoms with Gasteiger partial charge < -0.3 is 5.32 Å². The summed E-state index contributed by atoms with van der Waals surface area (Å²) in [7, 11) is 0. The Balaban J connectivity index is 2.64. The molecule has 0 saturated carbocycles.